The first-order valence-corrected chi connectivity index (χ1v) is 5.28. The van der Waals surface area contributed by atoms with Gasteiger partial charge in [-0.05, 0) is 31.0 Å². The first kappa shape index (κ1) is 11.1. The van der Waals surface area contributed by atoms with Crippen LogP contribution >= 0.6 is 0 Å². The zero-order valence-electron chi connectivity index (χ0n) is 9.36. The quantitative estimate of drug-likeness (QED) is 0.736. The number of aliphatic hydroxyl groups excluding tert-OH is 1. The third-order valence-corrected chi connectivity index (χ3v) is 3.05. The zero-order valence-corrected chi connectivity index (χ0v) is 9.36. The highest BCUT2D eigenvalue weighted by molar-refractivity contribution is 5.94. The van der Waals surface area contributed by atoms with Crippen molar-refractivity contribution >= 4 is 5.97 Å². The van der Waals surface area contributed by atoms with Crippen molar-refractivity contribution in [3.63, 3.8) is 0 Å². The first-order chi connectivity index (χ1) is 7.56. The van der Waals surface area contributed by atoms with Crippen molar-refractivity contribution in [2.24, 2.45) is 5.73 Å². The molecule has 0 radical (unpaired) electrons. The Kier molecular flexibility index (Phi) is 2.69. The van der Waals surface area contributed by atoms with Gasteiger partial charge in [-0.15, -0.1) is 0 Å². The molecule has 2 unspecified atom stereocenters. The van der Waals surface area contributed by atoms with Crippen LogP contribution < -0.4 is 5.73 Å². The van der Waals surface area contributed by atoms with Crippen LogP contribution in [0.1, 0.15) is 46.2 Å². The van der Waals surface area contributed by atoms with Crippen molar-refractivity contribution in [3.8, 4) is 0 Å². The van der Waals surface area contributed by atoms with Crippen LogP contribution in [-0.4, -0.2) is 17.6 Å². The number of carbonyl (C=O) groups excluding carboxylic acids is 1. The number of hydrogen-bond acceptors (Lipinski definition) is 4. The summed E-state index contributed by atoms with van der Waals surface area (Å²) in [6, 6.07) is 3.44. The van der Waals surface area contributed by atoms with Gasteiger partial charge in [0, 0.05) is 12.1 Å². The second kappa shape index (κ2) is 3.88. The minimum atomic E-state index is -0.687. The molecule has 0 amide bonds. The molecule has 4 heteroatoms. The molecule has 1 aliphatic rings. The van der Waals surface area contributed by atoms with Gasteiger partial charge in [-0.3, -0.25) is 0 Å². The van der Waals surface area contributed by atoms with E-state index < -0.39 is 6.10 Å². The van der Waals surface area contributed by atoms with Gasteiger partial charge in [0.2, 0.25) is 0 Å². The number of cyclic esters (lactones) is 1. The van der Waals surface area contributed by atoms with Gasteiger partial charge in [-0.2, -0.15) is 0 Å². The van der Waals surface area contributed by atoms with Gasteiger partial charge in [0.05, 0.1) is 11.7 Å². The van der Waals surface area contributed by atoms with E-state index in [2.05, 4.69) is 0 Å². The predicted octanol–water partition coefficient (Wildman–Crippen LogP) is 1.22. The van der Waals surface area contributed by atoms with E-state index in [1.54, 1.807) is 12.1 Å². The molecule has 86 valence electrons. The van der Waals surface area contributed by atoms with Gasteiger partial charge in [0.1, 0.15) is 6.10 Å². The topological polar surface area (TPSA) is 72.6 Å². The summed E-state index contributed by atoms with van der Waals surface area (Å²) in [5, 5.41) is 9.74. The standard InChI is InChI=1S/C12H15NO3/c1-6-8(10(14)5-13)3-4-9-11(6)7(2)16-12(9)15/h3-4,7,10,14H,5,13H2,1-2H3. The minimum absolute atomic E-state index is 0.169. The van der Waals surface area contributed by atoms with Crippen molar-refractivity contribution < 1.29 is 14.6 Å². The summed E-state index contributed by atoms with van der Waals surface area (Å²) in [4.78, 5) is 11.5. The molecule has 1 aromatic carbocycles. The van der Waals surface area contributed by atoms with Crippen LogP contribution in [0.4, 0.5) is 0 Å². The zero-order chi connectivity index (χ0) is 11.9. The summed E-state index contributed by atoms with van der Waals surface area (Å²) < 4.78 is 5.13. The van der Waals surface area contributed by atoms with E-state index in [4.69, 9.17) is 10.5 Å². The average molecular weight is 221 g/mol. The Morgan fingerprint density at radius 3 is 2.88 bits per heavy atom. The number of benzene rings is 1. The molecule has 4 nitrogen and oxygen atoms in total. The fraction of sp³-hybridized carbons (Fsp3) is 0.417. The number of aliphatic hydroxyl groups is 1. The van der Waals surface area contributed by atoms with Crippen molar-refractivity contribution in [1.82, 2.24) is 0 Å². The van der Waals surface area contributed by atoms with Crippen LogP contribution in [0.15, 0.2) is 12.1 Å². The van der Waals surface area contributed by atoms with E-state index >= 15 is 0 Å². The molecule has 0 fully saturated rings. The van der Waals surface area contributed by atoms with Crippen molar-refractivity contribution in [1.29, 1.82) is 0 Å². The molecule has 1 aromatic rings. The average Bonchev–Trinajstić information content (AvgIpc) is 2.54. The minimum Gasteiger partial charge on any atom is -0.454 e. The van der Waals surface area contributed by atoms with Crippen LogP contribution in [-0.2, 0) is 4.74 Å². The molecule has 16 heavy (non-hydrogen) atoms. The van der Waals surface area contributed by atoms with Crippen LogP contribution in [0, 0.1) is 6.92 Å². The number of nitrogens with two attached hydrogens (primary N) is 1. The first-order valence-electron chi connectivity index (χ1n) is 5.28. The highest BCUT2D eigenvalue weighted by atomic mass is 16.5. The molecule has 0 spiro atoms. The molecule has 3 N–H and O–H groups in total. The number of ether oxygens (including phenoxy) is 1. The SMILES string of the molecule is Cc1c(C(O)CN)ccc2c1C(C)OC2=O. The Balaban J connectivity index is 2.56. The molecule has 1 aliphatic heterocycles. The Morgan fingerprint density at radius 2 is 2.25 bits per heavy atom. The molecule has 0 bridgehead atoms. The highest BCUT2D eigenvalue weighted by Crippen LogP contribution is 2.35. The van der Waals surface area contributed by atoms with Gasteiger partial charge in [-0.1, -0.05) is 6.07 Å². The van der Waals surface area contributed by atoms with E-state index in [0.717, 1.165) is 16.7 Å². The van der Waals surface area contributed by atoms with E-state index in [1.165, 1.54) is 0 Å². The van der Waals surface area contributed by atoms with Gasteiger partial charge in [0.15, 0.2) is 0 Å². The maximum Gasteiger partial charge on any atom is 0.339 e. The maximum atomic E-state index is 11.5. The molecule has 0 aromatic heterocycles. The van der Waals surface area contributed by atoms with Crippen molar-refractivity contribution in [2.75, 3.05) is 6.54 Å². The van der Waals surface area contributed by atoms with Crippen molar-refractivity contribution in [2.45, 2.75) is 26.1 Å². The molecule has 0 saturated heterocycles. The molecular weight excluding hydrogens is 206 g/mol. The highest BCUT2D eigenvalue weighted by Gasteiger charge is 2.30. The van der Waals surface area contributed by atoms with Gasteiger partial charge in [-0.25, -0.2) is 4.79 Å². The molecule has 2 atom stereocenters. The van der Waals surface area contributed by atoms with Crippen LogP contribution in [0.25, 0.3) is 0 Å². The van der Waals surface area contributed by atoms with E-state index in [0.29, 0.717) is 5.56 Å². The summed E-state index contributed by atoms with van der Waals surface area (Å²) >= 11 is 0. The van der Waals surface area contributed by atoms with Gasteiger partial charge in [0.25, 0.3) is 0 Å². The largest absolute Gasteiger partial charge is 0.454 e. The van der Waals surface area contributed by atoms with E-state index in [9.17, 15) is 9.90 Å². The monoisotopic (exact) mass is 221 g/mol. The second-order valence-corrected chi connectivity index (χ2v) is 4.04. The number of hydrogen-bond donors (Lipinski definition) is 2. The Bertz CT molecular complexity index is 442. The molecular formula is C12H15NO3. The number of rotatable bonds is 2. The molecule has 2 rings (SSSR count). The lowest BCUT2D eigenvalue weighted by molar-refractivity contribution is 0.0421. The smallest absolute Gasteiger partial charge is 0.339 e. The third kappa shape index (κ3) is 1.50. The van der Waals surface area contributed by atoms with Gasteiger partial charge < -0.3 is 15.6 Å². The lowest BCUT2D eigenvalue weighted by Gasteiger charge is -2.15. The van der Waals surface area contributed by atoms with Gasteiger partial charge >= 0.3 is 5.97 Å². The Morgan fingerprint density at radius 1 is 1.56 bits per heavy atom. The summed E-state index contributed by atoms with van der Waals surface area (Å²) in [5.74, 6) is -0.292. The fourth-order valence-electron chi connectivity index (χ4n) is 2.22. The predicted molar refractivity (Wildman–Crippen MR) is 59.0 cm³/mol. The summed E-state index contributed by atoms with van der Waals surface area (Å²) in [6.07, 6.45) is -0.930. The third-order valence-electron chi connectivity index (χ3n) is 3.05. The Hall–Kier alpha value is -1.39. The normalized spacial score (nSPS) is 20.5. The number of carbonyl (C=O) groups is 1. The lowest BCUT2D eigenvalue weighted by Crippen LogP contribution is -2.13. The van der Waals surface area contributed by atoms with Crippen LogP contribution in [0.3, 0.4) is 0 Å². The molecule has 0 saturated carbocycles. The summed E-state index contributed by atoms with van der Waals surface area (Å²) in [6.45, 7) is 3.88. The number of fused-ring (bicyclic) bond motifs is 1. The van der Waals surface area contributed by atoms with Crippen LogP contribution in [0.5, 0.6) is 0 Å². The van der Waals surface area contributed by atoms with E-state index in [-0.39, 0.29) is 18.6 Å². The Labute approximate surface area is 94.0 Å². The molecule has 1 heterocycles. The van der Waals surface area contributed by atoms with Crippen LogP contribution in [0.2, 0.25) is 0 Å². The lowest BCUT2D eigenvalue weighted by atomic mass is 9.93. The summed E-state index contributed by atoms with van der Waals surface area (Å²) in [5.41, 5.74) is 8.56. The van der Waals surface area contributed by atoms with Crippen molar-refractivity contribution in [3.05, 3.63) is 34.4 Å². The number of esters is 1. The van der Waals surface area contributed by atoms with E-state index in [1.807, 2.05) is 13.8 Å². The maximum absolute atomic E-state index is 11.5. The summed E-state index contributed by atoms with van der Waals surface area (Å²) in [7, 11) is 0. The molecule has 0 aliphatic carbocycles. The second-order valence-electron chi connectivity index (χ2n) is 4.04. The fourth-order valence-corrected chi connectivity index (χ4v) is 2.22.